The second-order valence-electron chi connectivity index (χ2n) is 5.67. The summed E-state index contributed by atoms with van der Waals surface area (Å²) >= 11 is 5.61. The highest BCUT2D eigenvalue weighted by Gasteiger charge is 2.04. The molecule has 0 radical (unpaired) electrons. The molecule has 0 spiro atoms. The number of carbonyl (C=O) groups is 1. The van der Waals surface area contributed by atoms with Crippen LogP contribution < -0.4 is 5.32 Å². The molecule has 1 rings (SSSR count). The number of rotatable bonds is 15. The molecule has 0 fully saturated rings. The van der Waals surface area contributed by atoms with E-state index < -0.39 is 0 Å². The Hall–Kier alpha value is -1.79. The van der Waals surface area contributed by atoms with Gasteiger partial charge in [-0.25, -0.2) is 0 Å². The van der Waals surface area contributed by atoms with E-state index in [4.69, 9.17) is 26.6 Å². The van der Waals surface area contributed by atoms with Crippen molar-refractivity contribution >= 4 is 17.5 Å². The SMILES string of the molecule is [N-]=[N+]=NCc1ccc(C(=O)NCCOCCOCCCCCCCl)cc1. The third-order valence-corrected chi connectivity index (χ3v) is 3.88. The summed E-state index contributed by atoms with van der Waals surface area (Å²) in [6.07, 6.45) is 4.41. The highest BCUT2D eigenvalue weighted by atomic mass is 35.5. The Balaban J connectivity index is 2.00. The number of nitrogens with one attached hydrogen (secondary N) is 1. The molecule has 1 aromatic carbocycles. The van der Waals surface area contributed by atoms with Crippen LogP contribution in [0.4, 0.5) is 0 Å². The fourth-order valence-electron chi connectivity index (χ4n) is 2.19. The van der Waals surface area contributed by atoms with Crippen LogP contribution in [0, 0.1) is 0 Å². The van der Waals surface area contributed by atoms with Crippen molar-refractivity contribution in [2.45, 2.75) is 32.2 Å². The standard InChI is InChI=1S/C18H27ClN4O3/c19-9-3-1-2-4-11-25-13-14-26-12-10-21-18(24)17-7-5-16(6-8-17)15-22-23-20/h5-8H,1-4,9-15H2,(H,21,24). The van der Waals surface area contributed by atoms with E-state index in [1.165, 1.54) is 0 Å². The number of alkyl halides is 1. The van der Waals surface area contributed by atoms with Crippen molar-refractivity contribution < 1.29 is 14.3 Å². The number of benzene rings is 1. The molecule has 0 aliphatic heterocycles. The highest BCUT2D eigenvalue weighted by Crippen LogP contribution is 2.06. The van der Waals surface area contributed by atoms with E-state index in [9.17, 15) is 4.79 Å². The molecule has 1 N–H and O–H groups in total. The molecule has 0 aromatic heterocycles. The van der Waals surface area contributed by atoms with Crippen molar-refractivity contribution in [1.82, 2.24) is 5.32 Å². The van der Waals surface area contributed by atoms with E-state index in [1.807, 2.05) is 0 Å². The summed E-state index contributed by atoms with van der Waals surface area (Å²) in [5.41, 5.74) is 9.71. The molecule has 7 nitrogen and oxygen atoms in total. The van der Waals surface area contributed by atoms with E-state index in [0.717, 1.165) is 43.7 Å². The molecule has 1 amide bonds. The number of ether oxygens (including phenoxy) is 2. The van der Waals surface area contributed by atoms with Crippen LogP contribution in [0.5, 0.6) is 0 Å². The molecule has 0 bridgehead atoms. The molecule has 144 valence electrons. The van der Waals surface area contributed by atoms with Crippen LogP contribution in [-0.4, -0.2) is 44.8 Å². The topological polar surface area (TPSA) is 96.3 Å². The number of halogens is 1. The fourth-order valence-corrected chi connectivity index (χ4v) is 2.38. The fraction of sp³-hybridized carbons (Fsp3) is 0.611. The Morgan fingerprint density at radius 1 is 1.04 bits per heavy atom. The second kappa shape index (κ2) is 15.5. The molecule has 0 unspecified atom stereocenters. The van der Waals surface area contributed by atoms with Gasteiger partial charge in [0.1, 0.15) is 0 Å². The van der Waals surface area contributed by atoms with E-state index in [1.54, 1.807) is 24.3 Å². The van der Waals surface area contributed by atoms with Gasteiger partial charge in [-0.15, -0.1) is 11.6 Å². The van der Waals surface area contributed by atoms with Gasteiger partial charge < -0.3 is 14.8 Å². The molecule has 8 heteroatoms. The monoisotopic (exact) mass is 382 g/mol. The van der Waals surface area contributed by atoms with Gasteiger partial charge in [0.15, 0.2) is 0 Å². The van der Waals surface area contributed by atoms with Crippen LogP contribution in [0.3, 0.4) is 0 Å². The van der Waals surface area contributed by atoms with Crippen LogP contribution in [0.25, 0.3) is 10.4 Å². The lowest BCUT2D eigenvalue weighted by molar-refractivity contribution is 0.0468. The third-order valence-electron chi connectivity index (χ3n) is 3.61. The number of nitrogens with zero attached hydrogens (tertiary/aromatic N) is 3. The zero-order chi connectivity index (χ0) is 18.9. The average molecular weight is 383 g/mol. The summed E-state index contributed by atoms with van der Waals surface area (Å²) in [6.45, 7) is 3.00. The Morgan fingerprint density at radius 2 is 1.73 bits per heavy atom. The first-order chi connectivity index (χ1) is 12.8. The minimum absolute atomic E-state index is 0.155. The van der Waals surface area contributed by atoms with Crippen LogP contribution in [-0.2, 0) is 16.0 Å². The van der Waals surface area contributed by atoms with Crippen molar-refractivity contribution in [3.05, 3.63) is 45.8 Å². The lowest BCUT2D eigenvalue weighted by Crippen LogP contribution is -2.27. The molecule has 1 aromatic rings. The molecular formula is C18H27ClN4O3. The van der Waals surface area contributed by atoms with Crippen LogP contribution in [0.15, 0.2) is 29.4 Å². The molecule has 0 atom stereocenters. The Kier molecular flexibility index (Phi) is 13.2. The van der Waals surface area contributed by atoms with Crippen LogP contribution >= 0.6 is 11.6 Å². The van der Waals surface area contributed by atoms with Gasteiger partial charge in [0.2, 0.25) is 0 Å². The Labute approximate surface area is 159 Å². The van der Waals surface area contributed by atoms with Gasteiger partial charge in [0, 0.05) is 29.5 Å². The summed E-state index contributed by atoms with van der Waals surface area (Å²) in [5, 5.41) is 6.27. The summed E-state index contributed by atoms with van der Waals surface area (Å²) in [5.74, 6) is 0.575. The summed E-state index contributed by atoms with van der Waals surface area (Å²) < 4.78 is 10.9. The Morgan fingerprint density at radius 3 is 2.42 bits per heavy atom. The predicted molar refractivity (Wildman–Crippen MR) is 102 cm³/mol. The minimum atomic E-state index is -0.155. The predicted octanol–water partition coefficient (Wildman–Crippen LogP) is 4.06. The zero-order valence-electron chi connectivity index (χ0n) is 15.0. The van der Waals surface area contributed by atoms with Gasteiger partial charge in [0.05, 0.1) is 26.4 Å². The quantitative estimate of drug-likeness (QED) is 0.163. The van der Waals surface area contributed by atoms with Gasteiger partial charge >= 0.3 is 0 Å². The van der Waals surface area contributed by atoms with Crippen molar-refractivity contribution in [3.8, 4) is 0 Å². The smallest absolute Gasteiger partial charge is 0.251 e. The Bertz CT molecular complexity index is 548. The normalized spacial score (nSPS) is 10.3. The molecule has 0 saturated carbocycles. The van der Waals surface area contributed by atoms with Crippen LogP contribution in [0.2, 0.25) is 0 Å². The molecule has 0 aliphatic rings. The first-order valence-corrected chi connectivity index (χ1v) is 9.41. The maximum absolute atomic E-state index is 12.0. The number of hydrogen-bond donors (Lipinski definition) is 1. The molecular weight excluding hydrogens is 356 g/mol. The zero-order valence-corrected chi connectivity index (χ0v) is 15.8. The minimum Gasteiger partial charge on any atom is -0.379 e. The number of unbranched alkanes of at least 4 members (excludes halogenated alkanes) is 3. The molecule has 26 heavy (non-hydrogen) atoms. The molecule has 0 saturated heterocycles. The van der Waals surface area contributed by atoms with Gasteiger partial charge in [-0.1, -0.05) is 30.1 Å². The van der Waals surface area contributed by atoms with Crippen molar-refractivity contribution in [1.29, 1.82) is 0 Å². The van der Waals surface area contributed by atoms with Crippen molar-refractivity contribution in [2.75, 3.05) is 38.9 Å². The van der Waals surface area contributed by atoms with Gasteiger partial charge in [-0.3, -0.25) is 4.79 Å². The van der Waals surface area contributed by atoms with E-state index >= 15 is 0 Å². The lowest BCUT2D eigenvalue weighted by atomic mass is 10.1. The molecule has 0 heterocycles. The largest absolute Gasteiger partial charge is 0.379 e. The number of carbonyl (C=O) groups excluding carboxylic acids is 1. The van der Waals surface area contributed by atoms with Crippen molar-refractivity contribution in [3.63, 3.8) is 0 Å². The highest BCUT2D eigenvalue weighted by molar-refractivity contribution is 6.17. The second-order valence-corrected chi connectivity index (χ2v) is 6.05. The maximum Gasteiger partial charge on any atom is 0.251 e. The number of azide groups is 1. The number of hydrogen-bond acceptors (Lipinski definition) is 4. The third kappa shape index (κ3) is 10.9. The van der Waals surface area contributed by atoms with E-state index in [-0.39, 0.29) is 12.5 Å². The summed E-state index contributed by atoms with van der Waals surface area (Å²) in [6, 6.07) is 6.96. The maximum atomic E-state index is 12.0. The van der Waals surface area contributed by atoms with Gasteiger partial charge in [0.25, 0.3) is 5.91 Å². The van der Waals surface area contributed by atoms with E-state index in [2.05, 4.69) is 15.3 Å². The first-order valence-electron chi connectivity index (χ1n) is 8.87. The van der Waals surface area contributed by atoms with Gasteiger partial charge in [-0.2, -0.15) is 0 Å². The average Bonchev–Trinajstić information content (AvgIpc) is 2.67. The molecule has 0 aliphatic carbocycles. The number of amides is 1. The first kappa shape index (κ1) is 22.3. The van der Waals surface area contributed by atoms with E-state index in [0.29, 0.717) is 31.9 Å². The van der Waals surface area contributed by atoms with Crippen LogP contribution in [0.1, 0.15) is 41.6 Å². The van der Waals surface area contributed by atoms with Gasteiger partial charge in [-0.05, 0) is 36.1 Å². The van der Waals surface area contributed by atoms with Crippen molar-refractivity contribution in [2.24, 2.45) is 5.11 Å². The summed E-state index contributed by atoms with van der Waals surface area (Å²) in [4.78, 5) is 14.7. The lowest BCUT2D eigenvalue weighted by Gasteiger charge is -2.08. The summed E-state index contributed by atoms with van der Waals surface area (Å²) in [7, 11) is 0.